The Labute approximate surface area is 205 Å². The number of aliphatic carboxylic acids is 1. The number of aryl methyl sites for hydroxylation is 3. The number of imidazole rings is 1. The van der Waals surface area contributed by atoms with E-state index in [1.54, 1.807) is 4.90 Å². The Morgan fingerprint density at radius 2 is 1.89 bits per heavy atom. The average molecular weight is 476 g/mol. The number of carboxylic acids is 1. The van der Waals surface area contributed by atoms with Gasteiger partial charge in [-0.25, -0.2) is 9.78 Å². The minimum Gasteiger partial charge on any atom is -0.481 e. The molecule has 5 rings (SSSR count). The Bertz CT molecular complexity index is 1240. The maximum absolute atomic E-state index is 12.6. The number of aromatic nitrogens is 2. The average Bonchev–Trinajstić information content (AvgIpc) is 3.26. The lowest BCUT2D eigenvalue weighted by atomic mass is 9.85. The quantitative estimate of drug-likeness (QED) is 0.523. The normalized spacial score (nSPS) is 22.1. The van der Waals surface area contributed by atoms with Gasteiger partial charge in [-0.1, -0.05) is 36.8 Å². The molecule has 1 saturated carbocycles. The Hall–Kier alpha value is -3.35. The summed E-state index contributed by atoms with van der Waals surface area (Å²) in [5.41, 5.74) is 5.18. The largest absolute Gasteiger partial charge is 0.481 e. The van der Waals surface area contributed by atoms with Crippen LogP contribution in [0.3, 0.4) is 0 Å². The van der Waals surface area contributed by atoms with Gasteiger partial charge in [-0.2, -0.15) is 0 Å². The van der Waals surface area contributed by atoms with Gasteiger partial charge in [0.05, 0.1) is 29.7 Å². The van der Waals surface area contributed by atoms with Crippen LogP contribution >= 0.6 is 0 Å². The number of fused-ring (bicyclic) bond motifs is 3. The highest BCUT2D eigenvalue weighted by Gasteiger charge is 2.34. The van der Waals surface area contributed by atoms with E-state index in [4.69, 9.17) is 9.72 Å². The van der Waals surface area contributed by atoms with E-state index in [1.165, 1.54) is 12.7 Å². The molecule has 1 fully saturated rings. The molecule has 3 aromatic rings. The monoisotopic (exact) mass is 475 g/mol. The van der Waals surface area contributed by atoms with Crippen molar-refractivity contribution in [1.82, 2.24) is 9.55 Å². The number of anilines is 1. The molecule has 7 heteroatoms. The number of carbonyl (C=O) groups excluding carboxylic acids is 1. The van der Waals surface area contributed by atoms with Crippen LogP contribution in [0.1, 0.15) is 62.0 Å². The lowest BCUT2D eigenvalue weighted by molar-refractivity contribution is -0.143. The van der Waals surface area contributed by atoms with E-state index >= 15 is 0 Å². The van der Waals surface area contributed by atoms with Gasteiger partial charge in [-0.3, -0.25) is 9.69 Å². The van der Waals surface area contributed by atoms with Crippen LogP contribution in [0.15, 0.2) is 42.5 Å². The van der Waals surface area contributed by atoms with Gasteiger partial charge < -0.3 is 14.4 Å². The smallest absolute Gasteiger partial charge is 0.414 e. The van der Waals surface area contributed by atoms with Crippen molar-refractivity contribution in [2.45, 2.75) is 70.4 Å². The van der Waals surface area contributed by atoms with Gasteiger partial charge in [0.1, 0.15) is 5.82 Å². The lowest BCUT2D eigenvalue weighted by Gasteiger charge is -2.34. The molecular formula is C28H33N3O4. The molecule has 7 nitrogen and oxygen atoms in total. The maximum Gasteiger partial charge on any atom is 0.414 e. The SMILES string of the molecule is COC(=O)N1c2ccc3c(nc(CCc4ccccc4)n3C3CCCC(C(=O)O)C3)c2CC[C@@H]1C. The van der Waals surface area contributed by atoms with E-state index in [0.717, 1.165) is 73.1 Å². The molecule has 0 spiro atoms. The van der Waals surface area contributed by atoms with Gasteiger partial charge in [-0.05, 0) is 63.1 Å². The van der Waals surface area contributed by atoms with Gasteiger partial charge in [0.15, 0.2) is 0 Å². The zero-order valence-corrected chi connectivity index (χ0v) is 20.4. The second-order valence-corrected chi connectivity index (χ2v) is 9.90. The first-order valence-electron chi connectivity index (χ1n) is 12.6. The van der Waals surface area contributed by atoms with E-state index in [0.29, 0.717) is 6.42 Å². The van der Waals surface area contributed by atoms with Crippen molar-refractivity contribution in [2.75, 3.05) is 12.0 Å². The molecule has 1 N–H and O–H groups in total. The molecule has 2 unspecified atom stereocenters. The summed E-state index contributed by atoms with van der Waals surface area (Å²) in [6.45, 7) is 2.04. The van der Waals surface area contributed by atoms with E-state index in [-0.39, 0.29) is 24.1 Å². The number of ether oxygens (including phenoxy) is 1. The Morgan fingerprint density at radius 1 is 1.09 bits per heavy atom. The molecule has 2 aromatic carbocycles. The van der Waals surface area contributed by atoms with Crippen LogP contribution in [0.5, 0.6) is 0 Å². The first-order chi connectivity index (χ1) is 17.0. The maximum atomic E-state index is 12.6. The Kier molecular flexibility index (Phi) is 6.50. The number of carboxylic acid groups (broad SMARTS) is 1. The molecule has 3 atom stereocenters. The van der Waals surface area contributed by atoms with Crippen LogP contribution in [-0.4, -0.2) is 39.9 Å². The molecule has 2 aliphatic rings. The highest BCUT2D eigenvalue weighted by Crippen LogP contribution is 2.40. The third-order valence-corrected chi connectivity index (χ3v) is 7.74. The van der Waals surface area contributed by atoms with Crippen molar-refractivity contribution >= 4 is 28.8 Å². The molecule has 0 bridgehead atoms. The van der Waals surface area contributed by atoms with Gasteiger partial charge in [0.25, 0.3) is 0 Å². The van der Waals surface area contributed by atoms with Gasteiger partial charge in [0.2, 0.25) is 0 Å². The Balaban J connectivity index is 1.60. The number of carbonyl (C=O) groups is 2. The predicted octanol–water partition coefficient (Wildman–Crippen LogP) is 5.54. The van der Waals surface area contributed by atoms with Crippen LogP contribution < -0.4 is 4.90 Å². The first kappa shape index (κ1) is 23.4. The van der Waals surface area contributed by atoms with Crippen LogP contribution in [0.25, 0.3) is 11.0 Å². The van der Waals surface area contributed by atoms with Gasteiger partial charge in [-0.15, -0.1) is 0 Å². The number of benzene rings is 2. The fourth-order valence-corrected chi connectivity index (χ4v) is 5.93. The standard InChI is InChI=1S/C28H33N3O4/c1-18-11-13-22-23(30(18)28(34)35-2)14-15-24-26(22)29-25(16-12-19-7-4-3-5-8-19)31(24)21-10-6-9-20(17-21)27(32)33/h3-5,7-8,14-15,18,20-21H,6,9-13,16-17H2,1-2H3,(H,32,33)/t18-,20?,21?/m0/s1. The molecule has 184 valence electrons. The zero-order valence-electron chi connectivity index (χ0n) is 20.4. The minimum atomic E-state index is -0.704. The van der Waals surface area contributed by atoms with Crippen LogP contribution in [0, 0.1) is 5.92 Å². The second-order valence-electron chi connectivity index (χ2n) is 9.90. The van der Waals surface area contributed by atoms with Crippen LogP contribution in [0.4, 0.5) is 10.5 Å². The predicted molar refractivity (Wildman–Crippen MR) is 135 cm³/mol. The molecule has 0 radical (unpaired) electrons. The van der Waals surface area contributed by atoms with Gasteiger partial charge >= 0.3 is 12.1 Å². The number of amides is 1. The third-order valence-electron chi connectivity index (χ3n) is 7.74. The summed E-state index contributed by atoms with van der Waals surface area (Å²) in [6, 6.07) is 14.6. The number of methoxy groups -OCH3 is 1. The van der Waals surface area contributed by atoms with Crippen LogP contribution in [-0.2, 0) is 28.8 Å². The summed E-state index contributed by atoms with van der Waals surface area (Å²) < 4.78 is 7.39. The number of hydrogen-bond acceptors (Lipinski definition) is 4. The minimum absolute atomic E-state index is 0.0571. The third kappa shape index (κ3) is 4.40. The van der Waals surface area contributed by atoms with Crippen molar-refractivity contribution in [3.63, 3.8) is 0 Å². The van der Waals surface area contributed by atoms with E-state index in [1.807, 2.05) is 19.1 Å². The first-order valence-corrected chi connectivity index (χ1v) is 12.6. The highest BCUT2D eigenvalue weighted by atomic mass is 16.5. The van der Waals surface area contributed by atoms with Gasteiger partial charge in [0, 0.05) is 24.1 Å². The number of hydrogen-bond donors (Lipinski definition) is 1. The van der Waals surface area contributed by atoms with Crippen LogP contribution in [0.2, 0.25) is 0 Å². The fourth-order valence-electron chi connectivity index (χ4n) is 5.93. The molecule has 1 aliphatic heterocycles. The fraction of sp³-hybridized carbons (Fsp3) is 0.464. The summed E-state index contributed by atoms with van der Waals surface area (Å²) >= 11 is 0. The molecule has 1 amide bonds. The molecular weight excluding hydrogens is 442 g/mol. The second kappa shape index (κ2) is 9.72. The number of nitrogens with zero attached hydrogens (tertiary/aromatic N) is 3. The number of rotatable bonds is 5. The summed E-state index contributed by atoms with van der Waals surface area (Å²) in [6.07, 6.45) is 6.20. The molecule has 1 aromatic heterocycles. The van der Waals surface area contributed by atoms with E-state index in [9.17, 15) is 14.7 Å². The molecule has 0 saturated heterocycles. The zero-order chi connectivity index (χ0) is 24.5. The summed E-state index contributed by atoms with van der Waals surface area (Å²) in [7, 11) is 1.42. The summed E-state index contributed by atoms with van der Waals surface area (Å²) in [5.74, 6) is -0.0250. The van der Waals surface area contributed by atoms with Crippen molar-refractivity contribution in [1.29, 1.82) is 0 Å². The summed E-state index contributed by atoms with van der Waals surface area (Å²) in [5, 5.41) is 9.70. The molecule has 2 heterocycles. The van der Waals surface area contributed by atoms with Crippen molar-refractivity contribution in [2.24, 2.45) is 5.92 Å². The lowest BCUT2D eigenvalue weighted by Crippen LogP contribution is -2.42. The van der Waals surface area contributed by atoms with E-state index in [2.05, 4.69) is 34.9 Å². The summed E-state index contributed by atoms with van der Waals surface area (Å²) in [4.78, 5) is 31.3. The molecule has 35 heavy (non-hydrogen) atoms. The highest BCUT2D eigenvalue weighted by molar-refractivity contribution is 5.95. The molecule has 1 aliphatic carbocycles. The van der Waals surface area contributed by atoms with Crippen molar-refractivity contribution in [3.8, 4) is 0 Å². The Morgan fingerprint density at radius 3 is 2.63 bits per heavy atom. The van der Waals surface area contributed by atoms with Crippen molar-refractivity contribution in [3.05, 3.63) is 59.4 Å². The van der Waals surface area contributed by atoms with Crippen molar-refractivity contribution < 1.29 is 19.4 Å². The van der Waals surface area contributed by atoms with E-state index < -0.39 is 5.97 Å². The topological polar surface area (TPSA) is 84.7 Å².